The van der Waals surface area contributed by atoms with Gasteiger partial charge in [-0.1, -0.05) is 33.6 Å². The van der Waals surface area contributed by atoms with Gasteiger partial charge in [0.15, 0.2) is 8.32 Å². The molecule has 0 aliphatic heterocycles. The highest BCUT2D eigenvalue weighted by Gasteiger charge is 2.41. The molecule has 0 saturated heterocycles. The fourth-order valence-electron chi connectivity index (χ4n) is 2.29. The smallest absolute Gasteiger partial charge is 0.264 e. The Kier molecular flexibility index (Phi) is 5.86. The van der Waals surface area contributed by atoms with Crippen LogP contribution in [0.4, 0.5) is 0 Å². The van der Waals surface area contributed by atoms with Gasteiger partial charge in [-0.15, -0.1) is 0 Å². The number of hydrogen-bond acceptors (Lipinski definition) is 4. The molecule has 0 aromatic heterocycles. The predicted molar refractivity (Wildman–Crippen MR) is 84.8 cm³/mol. The van der Waals surface area contributed by atoms with Crippen molar-refractivity contribution >= 4 is 18.4 Å². The molecule has 0 heterocycles. The second-order valence-corrected chi connectivity index (χ2v) is 13.9. The summed E-state index contributed by atoms with van der Waals surface area (Å²) in [5.74, 6) is 0.201. The lowest BCUT2D eigenvalue weighted by atomic mass is 9.87. The predicted octanol–water partition coefficient (Wildman–Crippen LogP) is 3.54. The fourth-order valence-corrected chi connectivity index (χ4v) is 4.13. The second-order valence-electron chi connectivity index (χ2n) is 7.45. The zero-order chi connectivity index (χ0) is 15.6. The first-order valence-electron chi connectivity index (χ1n) is 7.44. The zero-order valence-corrected chi connectivity index (χ0v) is 15.5. The van der Waals surface area contributed by atoms with Crippen molar-refractivity contribution in [2.24, 2.45) is 5.92 Å². The van der Waals surface area contributed by atoms with Crippen LogP contribution in [0, 0.1) is 5.92 Å². The van der Waals surface area contributed by atoms with Crippen molar-refractivity contribution in [3.63, 3.8) is 0 Å². The third-order valence-corrected chi connectivity index (χ3v) is 9.66. The third-order valence-electron chi connectivity index (χ3n) is 4.59. The van der Waals surface area contributed by atoms with Crippen LogP contribution in [0.1, 0.15) is 46.5 Å². The van der Waals surface area contributed by atoms with Crippen LogP contribution in [0.3, 0.4) is 0 Å². The zero-order valence-electron chi connectivity index (χ0n) is 13.7. The summed E-state index contributed by atoms with van der Waals surface area (Å²) in [6.45, 7) is 11.4. The first kappa shape index (κ1) is 18.1. The lowest BCUT2D eigenvalue weighted by Gasteiger charge is -2.42. The molecule has 0 aromatic carbocycles. The average Bonchev–Trinajstić information content (AvgIpc) is 2.24. The van der Waals surface area contributed by atoms with Gasteiger partial charge in [-0.25, -0.2) is 0 Å². The molecule has 0 bridgehead atoms. The summed E-state index contributed by atoms with van der Waals surface area (Å²) in [4.78, 5) is 0. The summed E-state index contributed by atoms with van der Waals surface area (Å²) in [6, 6.07) is 0. The molecule has 0 spiro atoms. The van der Waals surface area contributed by atoms with E-state index in [1.807, 2.05) is 0 Å². The van der Waals surface area contributed by atoms with E-state index in [2.05, 4.69) is 33.9 Å². The standard InChI is InChI=1S/C14H30O4SSi/c1-14(2,3)20(5,6)18-13-10-8-7-9-12(13)11-17-19(4,15)16/h12-13H,7-11H2,1-6H3. The molecule has 1 aliphatic rings. The Balaban J connectivity index is 2.70. The van der Waals surface area contributed by atoms with E-state index in [1.54, 1.807) is 0 Å². The lowest BCUT2D eigenvalue weighted by molar-refractivity contribution is 0.0524. The van der Waals surface area contributed by atoms with Crippen LogP contribution in [-0.4, -0.2) is 35.7 Å². The number of rotatable bonds is 5. The van der Waals surface area contributed by atoms with E-state index in [1.165, 1.54) is 0 Å². The van der Waals surface area contributed by atoms with E-state index in [0.717, 1.165) is 31.9 Å². The van der Waals surface area contributed by atoms with E-state index in [0.29, 0.717) is 0 Å². The highest BCUT2D eigenvalue weighted by atomic mass is 32.2. The molecular formula is C14H30O4SSi. The molecule has 6 heteroatoms. The molecule has 0 N–H and O–H groups in total. The van der Waals surface area contributed by atoms with Gasteiger partial charge in [-0.2, -0.15) is 8.42 Å². The Labute approximate surface area is 125 Å². The van der Waals surface area contributed by atoms with Crippen molar-refractivity contribution < 1.29 is 17.0 Å². The highest BCUT2D eigenvalue weighted by Crippen LogP contribution is 2.40. The van der Waals surface area contributed by atoms with Crippen LogP contribution < -0.4 is 0 Å². The van der Waals surface area contributed by atoms with Crippen LogP contribution in [0.15, 0.2) is 0 Å². The van der Waals surface area contributed by atoms with Gasteiger partial charge in [-0.05, 0) is 31.0 Å². The summed E-state index contributed by atoms with van der Waals surface area (Å²) >= 11 is 0. The maximum atomic E-state index is 11.2. The van der Waals surface area contributed by atoms with Crippen LogP contribution >= 0.6 is 0 Å². The number of hydrogen-bond donors (Lipinski definition) is 0. The summed E-state index contributed by atoms with van der Waals surface area (Å²) < 4.78 is 33.8. The topological polar surface area (TPSA) is 52.6 Å². The highest BCUT2D eigenvalue weighted by molar-refractivity contribution is 7.85. The minimum atomic E-state index is -3.36. The third kappa shape index (κ3) is 5.46. The largest absolute Gasteiger partial charge is 0.414 e. The van der Waals surface area contributed by atoms with E-state index in [-0.39, 0.29) is 23.7 Å². The Morgan fingerprint density at radius 2 is 1.70 bits per heavy atom. The Morgan fingerprint density at radius 3 is 2.20 bits per heavy atom. The van der Waals surface area contributed by atoms with Crippen LogP contribution in [0.25, 0.3) is 0 Å². The normalized spacial score (nSPS) is 25.7. The first-order chi connectivity index (χ1) is 8.92. The fraction of sp³-hybridized carbons (Fsp3) is 1.00. The maximum Gasteiger partial charge on any atom is 0.264 e. The summed E-state index contributed by atoms with van der Waals surface area (Å²) in [5, 5.41) is 0.173. The van der Waals surface area contributed by atoms with Gasteiger partial charge >= 0.3 is 0 Å². The van der Waals surface area contributed by atoms with Gasteiger partial charge < -0.3 is 4.43 Å². The van der Waals surface area contributed by atoms with Crippen molar-refractivity contribution in [2.45, 2.75) is 70.7 Å². The van der Waals surface area contributed by atoms with Crippen molar-refractivity contribution in [2.75, 3.05) is 12.9 Å². The Bertz CT molecular complexity index is 411. The molecule has 0 aromatic rings. The molecular weight excluding hydrogens is 292 g/mol. The lowest BCUT2D eigenvalue weighted by Crippen LogP contribution is -2.47. The minimum Gasteiger partial charge on any atom is -0.414 e. The summed E-state index contributed by atoms with van der Waals surface area (Å²) in [7, 11) is -5.18. The van der Waals surface area contributed by atoms with Crippen molar-refractivity contribution in [3.05, 3.63) is 0 Å². The monoisotopic (exact) mass is 322 g/mol. The molecule has 1 saturated carbocycles. The molecule has 1 fully saturated rings. The minimum absolute atomic E-state index is 0.145. The van der Waals surface area contributed by atoms with Crippen molar-refractivity contribution in [1.29, 1.82) is 0 Å². The molecule has 20 heavy (non-hydrogen) atoms. The quantitative estimate of drug-likeness (QED) is 0.574. The van der Waals surface area contributed by atoms with Crippen molar-refractivity contribution in [3.8, 4) is 0 Å². The van der Waals surface area contributed by atoms with E-state index in [4.69, 9.17) is 8.61 Å². The van der Waals surface area contributed by atoms with Gasteiger partial charge in [0, 0.05) is 5.92 Å². The van der Waals surface area contributed by atoms with Gasteiger partial charge in [-0.3, -0.25) is 4.18 Å². The van der Waals surface area contributed by atoms with Gasteiger partial charge in [0.1, 0.15) is 0 Å². The van der Waals surface area contributed by atoms with Gasteiger partial charge in [0.05, 0.1) is 19.0 Å². The summed E-state index contributed by atoms with van der Waals surface area (Å²) in [5.41, 5.74) is 0. The molecule has 120 valence electrons. The average molecular weight is 323 g/mol. The maximum absolute atomic E-state index is 11.2. The van der Waals surface area contributed by atoms with Gasteiger partial charge in [0.2, 0.25) is 0 Å². The van der Waals surface area contributed by atoms with Crippen LogP contribution in [0.5, 0.6) is 0 Å². The van der Waals surface area contributed by atoms with E-state index < -0.39 is 18.4 Å². The SMILES string of the molecule is CC(C)(C)[Si](C)(C)OC1CCCCC1COS(C)(=O)=O. The Hall–Kier alpha value is 0.0869. The Morgan fingerprint density at radius 1 is 1.15 bits per heavy atom. The van der Waals surface area contributed by atoms with E-state index >= 15 is 0 Å². The summed E-state index contributed by atoms with van der Waals surface area (Å²) in [6.07, 6.45) is 5.56. The van der Waals surface area contributed by atoms with Crippen LogP contribution in [-0.2, 0) is 18.7 Å². The molecule has 2 unspecified atom stereocenters. The molecule has 1 rings (SSSR count). The second kappa shape index (κ2) is 6.46. The van der Waals surface area contributed by atoms with E-state index in [9.17, 15) is 8.42 Å². The molecule has 1 aliphatic carbocycles. The molecule has 0 amide bonds. The van der Waals surface area contributed by atoms with Crippen LogP contribution in [0.2, 0.25) is 18.1 Å². The van der Waals surface area contributed by atoms with Crippen molar-refractivity contribution in [1.82, 2.24) is 0 Å². The molecule has 2 atom stereocenters. The molecule has 4 nitrogen and oxygen atoms in total. The first-order valence-corrected chi connectivity index (χ1v) is 12.2. The van der Waals surface area contributed by atoms with Gasteiger partial charge in [0.25, 0.3) is 10.1 Å². The molecule has 0 radical (unpaired) electrons.